The molecule has 5 rings (SSSR count). The maximum atomic E-state index is 12.9. The van der Waals surface area contributed by atoms with E-state index in [1.165, 1.54) is 12.1 Å². The summed E-state index contributed by atoms with van der Waals surface area (Å²) in [6.45, 7) is -0.203. The number of aliphatic hydroxyl groups is 1. The van der Waals surface area contributed by atoms with Crippen LogP contribution in [-0.4, -0.2) is 42.8 Å². The number of benzene rings is 3. The summed E-state index contributed by atoms with van der Waals surface area (Å²) in [5.74, 6) is -0.0866. The molecule has 1 amide bonds. The Kier molecular flexibility index (Phi) is 7.47. The molecule has 0 saturated heterocycles. The number of nitrogens with zero attached hydrogens (tertiary/aromatic N) is 5. The molecule has 0 saturated carbocycles. The minimum Gasteiger partial charge on any atom is -0.390 e. The number of hydrogen-bond donors (Lipinski definition) is 2. The van der Waals surface area contributed by atoms with Gasteiger partial charge in [-0.15, -0.1) is 5.10 Å². The van der Waals surface area contributed by atoms with Gasteiger partial charge in [0, 0.05) is 25.5 Å². The maximum Gasteiger partial charge on any atom is 0.416 e. The van der Waals surface area contributed by atoms with E-state index in [4.69, 9.17) is 5.10 Å². The second-order valence-corrected chi connectivity index (χ2v) is 9.09. The number of halogens is 3. The first-order valence-corrected chi connectivity index (χ1v) is 12.5. The maximum absolute atomic E-state index is 12.9. The van der Waals surface area contributed by atoms with Gasteiger partial charge in [-0.25, -0.2) is 9.36 Å². The summed E-state index contributed by atoms with van der Waals surface area (Å²) < 4.78 is 42.2. The number of hydrogen-bond acceptors (Lipinski definition) is 5. The molecule has 5 aromatic rings. The van der Waals surface area contributed by atoms with E-state index >= 15 is 0 Å². The van der Waals surface area contributed by atoms with Gasteiger partial charge in [0.1, 0.15) is 5.69 Å². The molecule has 40 heavy (non-hydrogen) atoms. The summed E-state index contributed by atoms with van der Waals surface area (Å²) in [4.78, 5) is 11.8. The average Bonchev–Trinajstić information content (AvgIpc) is 3.63. The summed E-state index contributed by atoms with van der Waals surface area (Å²) in [5, 5.41) is 24.5. The van der Waals surface area contributed by atoms with Crippen LogP contribution in [0, 0.1) is 0 Å². The van der Waals surface area contributed by atoms with Crippen molar-refractivity contribution in [3.05, 3.63) is 102 Å². The molecule has 0 aliphatic carbocycles. The van der Waals surface area contributed by atoms with Crippen molar-refractivity contribution in [2.75, 3.05) is 7.05 Å². The smallest absolute Gasteiger partial charge is 0.390 e. The van der Waals surface area contributed by atoms with Crippen LogP contribution in [-0.2, 0) is 24.0 Å². The lowest BCUT2D eigenvalue weighted by Crippen LogP contribution is -2.18. The van der Waals surface area contributed by atoms with Gasteiger partial charge in [-0.2, -0.15) is 18.3 Å². The predicted molar refractivity (Wildman–Crippen MR) is 143 cm³/mol. The number of aryl methyl sites for hydroxylation is 1. The van der Waals surface area contributed by atoms with Gasteiger partial charge in [0.15, 0.2) is 0 Å². The van der Waals surface area contributed by atoms with Gasteiger partial charge in [0.05, 0.1) is 41.1 Å². The molecule has 2 N–H and O–H groups in total. The van der Waals surface area contributed by atoms with Crippen molar-refractivity contribution >= 4 is 5.91 Å². The Labute approximate surface area is 227 Å². The highest BCUT2D eigenvalue weighted by Gasteiger charge is 2.30. The minimum atomic E-state index is -4.38. The standard InChI is InChI=1S/C29H25F3N6O2/c1-33-28(40)15-10-23-16-27(21-4-2-19(3-5-21)20-6-8-22(9-7-20)29(30,31)32)38(35-23)26-13-11-25(12-14-26)37-17-24(18-39)34-36-37/h2-9,11-14,16-17,39H,10,15,18H2,1H3,(H,33,40). The molecule has 0 fully saturated rings. The Hall–Kier alpha value is -4.77. The van der Waals surface area contributed by atoms with Gasteiger partial charge in [-0.05, 0) is 53.6 Å². The fourth-order valence-corrected chi connectivity index (χ4v) is 4.25. The van der Waals surface area contributed by atoms with E-state index in [0.717, 1.165) is 46.0 Å². The number of rotatable bonds is 8. The van der Waals surface area contributed by atoms with Crippen LogP contribution in [0.25, 0.3) is 33.8 Å². The van der Waals surface area contributed by atoms with E-state index in [0.29, 0.717) is 17.7 Å². The van der Waals surface area contributed by atoms with Crippen LogP contribution in [0.5, 0.6) is 0 Å². The number of aromatic nitrogens is 5. The predicted octanol–water partition coefficient (Wildman–Crippen LogP) is 4.98. The van der Waals surface area contributed by atoms with Crippen molar-refractivity contribution in [2.45, 2.75) is 25.6 Å². The molecule has 0 unspecified atom stereocenters. The monoisotopic (exact) mass is 546 g/mol. The van der Waals surface area contributed by atoms with Crippen molar-refractivity contribution in [3.63, 3.8) is 0 Å². The SMILES string of the molecule is CNC(=O)CCc1cc(-c2ccc(-c3ccc(C(F)(F)F)cc3)cc2)n(-c2ccc(-n3cc(CO)nn3)cc2)n1. The molecule has 204 valence electrons. The fourth-order valence-electron chi connectivity index (χ4n) is 4.25. The average molecular weight is 547 g/mol. The first-order chi connectivity index (χ1) is 19.2. The molecule has 3 aromatic carbocycles. The van der Waals surface area contributed by atoms with Crippen molar-refractivity contribution in [1.29, 1.82) is 0 Å². The molecule has 0 spiro atoms. The highest BCUT2D eigenvalue weighted by molar-refractivity contribution is 5.76. The Bertz CT molecular complexity index is 1610. The van der Waals surface area contributed by atoms with Crippen LogP contribution >= 0.6 is 0 Å². The second-order valence-electron chi connectivity index (χ2n) is 9.09. The van der Waals surface area contributed by atoms with Gasteiger partial charge in [0.25, 0.3) is 0 Å². The van der Waals surface area contributed by atoms with Crippen LogP contribution in [0.4, 0.5) is 13.2 Å². The van der Waals surface area contributed by atoms with Gasteiger partial charge in [-0.3, -0.25) is 4.79 Å². The lowest BCUT2D eigenvalue weighted by atomic mass is 10.0. The molecule has 0 aliphatic heterocycles. The van der Waals surface area contributed by atoms with Gasteiger partial charge < -0.3 is 10.4 Å². The summed E-state index contributed by atoms with van der Waals surface area (Å²) in [7, 11) is 1.59. The zero-order chi connectivity index (χ0) is 28.3. The quantitative estimate of drug-likeness (QED) is 0.286. The van der Waals surface area contributed by atoms with Crippen LogP contribution in [0.15, 0.2) is 85.1 Å². The van der Waals surface area contributed by atoms with E-state index in [1.807, 2.05) is 54.6 Å². The number of amides is 1. The second kappa shape index (κ2) is 11.1. The molecule has 0 atom stereocenters. The number of nitrogens with one attached hydrogen (secondary N) is 1. The zero-order valence-electron chi connectivity index (χ0n) is 21.4. The van der Waals surface area contributed by atoms with Gasteiger partial charge >= 0.3 is 6.18 Å². The van der Waals surface area contributed by atoms with E-state index in [-0.39, 0.29) is 18.9 Å². The number of carbonyl (C=O) groups is 1. The van der Waals surface area contributed by atoms with Crippen LogP contribution < -0.4 is 5.32 Å². The number of carbonyl (C=O) groups excluding carboxylic acids is 1. The molecule has 0 aliphatic rings. The van der Waals surface area contributed by atoms with Crippen LogP contribution in [0.1, 0.15) is 23.4 Å². The Morgan fingerprint density at radius 3 is 2.05 bits per heavy atom. The van der Waals surface area contributed by atoms with Crippen molar-refractivity contribution in [2.24, 2.45) is 0 Å². The topological polar surface area (TPSA) is 97.9 Å². The van der Waals surface area contributed by atoms with Crippen molar-refractivity contribution in [1.82, 2.24) is 30.1 Å². The normalized spacial score (nSPS) is 11.5. The minimum absolute atomic E-state index is 0.0866. The van der Waals surface area contributed by atoms with Gasteiger partial charge in [0.2, 0.25) is 5.91 Å². The zero-order valence-corrected chi connectivity index (χ0v) is 21.4. The summed E-state index contributed by atoms with van der Waals surface area (Å²) >= 11 is 0. The third kappa shape index (κ3) is 5.79. The van der Waals surface area contributed by atoms with Crippen molar-refractivity contribution in [3.8, 4) is 33.8 Å². The molecule has 2 heterocycles. The summed E-state index contributed by atoms with van der Waals surface area (Å²) in [5.41, 5.74) is 5.13. The number of aliphatic hydroxyl groups excluding tert-OH is 1. The largest absolute Gasteiger partial charge is 0.416 e. The molecule has 8 nitrogen and oxygen atoms in total. The van der Waals surface area contributed by atoms with E-state index in [1.54, 1.807) is 22.6 Å². The highest BCUT2D eigenvalue weighted by Crippen LogP contribution is 2.32. The van der Waals surface area contributed by atoms with Crippen molar-refractivity contribution < 1.29 is 23.1 Å². The van der Waals surface area contributed by atoms with Crippen LogP contribution in [0.3, 0.4) is 0 Å². The lowest BCUT2D eigenvalue weighted by molar-refractivity contribution is -0.137. The van der Waals surface area contributed by atoms with Crippen LogP contribution in [0.2, 0.25) is 0 Å². The molecular formula is C29H25F3N6O2. The Balaban J connectivity index is 1.46. The molecule has 2 aromatic heterocycles. The lowest BCUT2D eigenvalue weighted by Gasteiger charge is -2.10. The summed E-state index contributed by atoms with van der Waals surface area (Å²) in [6.07, 6.45) is -2.00. The molecule has 11 heteroatoms. The number of alkyl halides is 3. The first-order valence-electron chi connectivity index (χ1n) is 12.5. The third-order valence-corrected chi connectivity index (χ3v) is 6.43. The Morgan fingerprint density at radius 2 is 1.48 bits per heavy atom. The van der Waals surface area contributed by atoms with Gasteiger partial charge in [-0.1, -0.05) is 41.6 Å². The first kappa shape index (κ1) is 26.8. The van der Waals surface area contributed by atoms with E-state index in [2.05, 4.69) is 15.6 Å². The molecular weight excluding hydrogens is 521 g/mol. The highest BCUT2D eigenvalue weighted by atomic mass is 19.4. The molecule has 0 bridgehead atoms. The summed E-state index contributed by atoms with van der Waals surface area (Å²) in [6, 6.07) is 22.0. The van der Waals surface area contributed by atoms with E-state index in [9.17, 15) is 23.1 Å². The fraction of sp³-hybridized carbons (Fsp3) is 0.172. The molecule has 0 radical (unpaired) electrons. The van der Waals surface area contributed by atoms with E-state index < -0.39 is 11.7 Å². The third-order valence-electron chi connectivity index (χ3n) is 6.43. The Morgan fingerprint density at radius 1 is 0.875 bits per heavy atom.